The van der Waals surface area contributed by atoms with E-state index in [0.29, 0.717) is 24.2 Å². The average Bonchev–Trinajstić information content (AvgIpc) is 2.35. The SMILES string of the molecule is CNCCC(O)C(O)c1ccccc1NC(N)=S. The molecule has 0 radical (unpaired) electrons. The fraction of sp³-hybridized carbons (Fsp3) is 0.417. The molecule has 6 heteroatoms. The Morgan fingerprint density at radius 3 is 2.67 bits per heavy atom. The molecule has 1 rings (SSSR count). The third-order valence-electron chi connectivity index (χ3n) is 2.59. The minimum atomic E-state index is -0.976. The van der Waals surface area contributed by atoms with Crippen LogP contribution in [-0.2, 0) is 0 Å². The molecule has 0 aromatic heterocycles. The Kier molecular flexibility index (Phi) is 6.00. The molecule has 2 atom stereocenters. The predicted molar refractivity (Wildman–Crippen MR) is 76.4 cm³/mol. The average molecular weight is 269 g/mol. The quantitative estimate of drug-likeness (QED) is 0.479. The van der Waals surface area contributed by atoms with E-state index in [-0.39, 0.29) is 5.11 Å². The largest absolute Gasteiger partial charge is 0.390 e. The summed E-state index contributed by atoms with van der Waals surface area (Å²) in [5.74, 6) is 0. The molecule has 100 valence electrons. The second-order valence-corrected chi connectivity index (χ2v) is 4.42. The van der Waals surface area contributed by atoms with Gasteiger partial charge in [-0.15, -0.1) is 0 Å². The van der Waals surface area contributed by atoms with Crippen LogP contribution >= 0.6 is 12.2 Å². The van der Waals surface area contributed by atoms with Gasteiger partial charge in [0.1, 0.15) is 6.10 Å². The molecular weight excluding hydrogens is 250 g/mol. The molecule has 6 N–H and O–H groups in total. The van der Waals surface area contributed by atoms with Crippen molar-refractivity contribution >= 4 is 23.0 Å². The summed E-state index contributed by atoms with van der Waals surface area (Å²) < 4.78 is 0. The molecule has 0 aliphatic carbocycles. The highest BCUT2D eigenvalue weighted by Gasteiger charge is 2.20. The molecule has 5 nitrogen and oxygen atoms in total. The summed E-state index contributed by atoms with van der Waals surface area (Å²) in [4.78, 5) is 0. The van der Waals surface area contributed by atoms with E-state index < -0.39 is 12.2 Å². The van der Waals surface area contributed by atoms with Crippen LogP contribution < -0.4 is 16.4 Å². The summed E-state index contributed by atoms with van der Waals surface area (Å²) in [7, 11) is 1.79. The molecule has 0 aliphatic rings. The molecule has 1 aromatic rings. The monoisotopic (exact) mass is 269 g/mol. The number of benzene rings is 1. The molecular formula is C12H19N3O2S. The van der Waals surface area contributed by atoms with Gasteiger partial charge >= 0.3 is 0 Å². The van der Waals surface area contributed by atoms with Crippen LogP contribution in [0.5, 0.6) is 0 Å². The van der Waals surface area contributed by atoms with Crippen LogP contribution in [0, 0.1) is 0 Å². The lowest BCUT2D eigenvalue weighted by Gasteiger charge is -2.21. The summed E-state index contributed by atoms with van der Waals surface area (Å²) in [5, 5.41) is 25.8. The van der Waals surface area contributed by atoms with Gasteiger partial charge in [0.2, 0.25) is 0 Å². The number of nitrogens with one attached hydrogen (secondary N) is 2. The van der Waals surface area contributed by atoms with E-state index in [4.69, 9.17) is 18.0 Å². The maximum Gasteiger partial charge on any atom is 0.168 e. The van der Waals surface area contributed by atoms with Gasteiger partial charge < -0.3 is 26.6 Å². The standard InChI is InChI=1S/C12H19N3O2S/c1-14-7-6-10(16)11(17)8-4-2-3-5-9(8)15-12(13)18/h2-5,10-11,14,16-17H,6-7H2,1H3,(H3,13,15,18). The molecule has 0 heterocycles. The first kappa shape index (κ1) is 14.8. The fourth-order valence-corrected chi connectivity index (χ4v) is 1.77. The third-order valence-corrected chi connectivity index (χ3v) is 2.69. The zero-order valence-electron chi connectivity index (χ0n) is 10.3. The third kappa shape index (κ3) is 4.23. The van der Waals surface area contributed by atoms with Crippen molar-refractivity contribution in [1.82, 2.24) is 5.32 Å². The van der Waals surface area contributed by atoms with Gasteiger partial charge in [-0.3, -0.25) is 0 Å². The molecule has 0 aliphatic heterocycles. The van der Waals surface area contributed by atoms with E-state index >= 15 is 0 Å². The minimum absolute atomic E-state index is 0.124. The molecule has 0 fully saturated rings. The minimum Gasteiger partial charge on any atom is -0.390 e. The van der Waals surface area contributed by atoms with Crippen molar-refractivity contribution in [2.24, 2.45) is 5.73 Å². The molecule has 0 amide bonds. The summed E-state index contributed by atoms with van der Waals surface area (Å²) in [6.07, 6.45) is -1.36. The molecule has 2 unspecified atom stereocenters. The van der Waals surface area contributed by atoms with Gasteiger partial charge in [0.25, 0.3) is 0 Å². The van der Waals surface area contributed by atoms with Crippen LogP contribution in [0.3, 0.4) is 0 Å². The zero-order chi connectivity index (χ0) is 13.5. The lowest BCUT2D eigenvalue weighted by Crippen LogP contribution is -2.25. The number of thiocarbonyl (C=S) groups is 1. The highest BCUT2D eigenvalue weighted by molar-refractivity contribution is 7.80. The van der Waals surface area contributed by atoms with Crippen molar-refractivity contribution in [2.45, 2.75) is 18.6 Å². The summed E-state index contributed by atoms with van der Waals surface area (Å²) in [6, 6.07) is 7.07. The topological polar surface area (TPSA) is 90.5 Å². The van der Waals surface area contributed by atoms with Crippen molar-refractivity contribution in [3.8, 4) is 0 Å². The maximum atomic E-state index is 10.1. The molecule has 0 saturated heterocycles. The van der Waals surface area contributed by atoms with Crippen LogP contribution in [0.15, 0.2) is 24.3 Å². The Morgan fingerprint density at radius 2 is 2.06 bits per heavy atom. The van der Waals surface area contributed by atoms with Crippen molar-refractivity contribution in [2.75, 3.05) is 18.9 Å². The van der Waals surface area contributed by atoms with E-state index in [1.807, 2.05) is 0 Å². The summed E-state index contributed by atoms with van der Waals surface area (Å²) >= 11 is 4.77. The first-order valence-corrected chi connectivity index (χ1v) is 6.13. The van der Waals surface area contributed by atoms with Gasteiger partial charge in [-0.2, -0.15) is 0 Å². The highest BCUT2D eigenvalue weighted by atomic mass is 32.1. The van der Waals surface area contributed by atoms with E-state index in [1.54, 1.807) is 31.3 Å². The van der Waals surface area contributed by atoms with Crippen molar-refractivity contribution in [3.05, 3.63) is 29.8 Å². The maximum absolute atomic E-state index is 10.1. The van der Waals surface area contributed by atoms with Crippen molar-refractivity contribution < 1.29 is 10.2 Å². The molecule has 0 spiro atoms. The Morgan fingerprint density at radius 1 is 1.39 bits per heavy atom. The number of rotatable bonds is 6. The van der Waals surface area contributed by atoms with E-state index in [9.17, 15) is 10.2 Å². The van der Waals surface area contributed by atoms with Crippen LogP contribution in [0.1, 0.15) is 18.1 Å². The molecule has 1 aromatic carbocycles. The van der Waals surface area contributed by atoms with Crippen LogP contribution in [0.2, 0.25) is 0 Å². The predicted octanol–water partition coefficient (Wildman–Crippen LogP) is 0.346. The summed E-state index contributed by atoms with van der Waals surface area (Å²) in [6.45, 7) is 0.628. The highest BCUT2D eigenvalue weighted by Crippen LogP contribution is 2.26. The smallest absolute Gasteiger partial charge is 0.168 e. The van der Waals surface area contributed by atoms with Crippen LogP contribution in [0.4, 0.5) is 5.69 Å². The van der Waals surface area contributed by atoms with Crippen molar-refractivity contribution in [3.63, 3.8) is 0 Å². The Bertz CT molecular complexity index is 401. The molecule has 0 bridgehead atoms. The van der Waals surface area contributed by atoms with Gasteiger partial charge in [-0.05, 0) is 38.3 Å². The number of aliphatic hydroxyl groups is 2. The first-order valence-electron chi connectivity index (χ1n) is 5.72. The van der Waals surface area contributed by atoms with Gasteiger partial charge in [0.05, 0.1) is 6.10 Å². The fourth-order valence-electron chi connectivity index (χ4n) is 1.66. The normalized spacial score (nSPS) is 13.9. The van der Waals surface area contributed by atoms with Crippen molar-refractivity contribution in [1.29, 1.82) is 0 Å². The number of nitrogens with two attached hydrogens (primary N) is 1. The lowest BCUT2D eigenvalue weighted by atomic mass is 10.0. The number of hydrogen-bond acceptors (Lipinski definition) is 4. The number of para-hydroxylation sites is 1. The lowest BCUT2D eigenvalue weighted by molar-refractivity contribution is 0.0144. The second-order valence-electron chi connectivity index (χ2n) is 3.98. The zero-order valence-corrected chi connectivity index (χ0v) is 11.1. The van der Waals surface area contributed by atoms with Crippen LogP contribution in [-0.4, -0.2) is 35.0 Å². The van der Waals surface area contributed by atoms with E-state index in [0.717, 1.165) is 0 Å². The Hall–Kier alpha value is -1.21. The van der Waals surface area contributed by atoms with Gasteiger partial charge in [-0.25, -0.2) is 0 Å². The first-order chi connectivity index (χ1) is 8.56. The number of aliphatic hydroxyl groups excluding tert-OH is 2. The Labute approximate surface area is 112 Å². The van der Waals surface area contributed by atoms with Crippen LogP contribution in [0.25, 0.3) is 0 Å². The molecule has 0 saturated carbocycles. The second kappa shape index (κ2) is 7.27. The van der Waals surface area contributed by atoms with E-state index in [1.165, 1.54) is 0 Å². The molecule has 18 heavy (non-hydrogen) atoms. The van der Waals surface area contributed by atoms with Gasteiger partial charge in [0.15, 0.2) is 5.11 Å². The summed E-state index contributed by atoms with van der Waals surface area (Å²) in [5.41, 5.74) is 6.61. The van der Waals surface area contributed by atoms with E-state index in [2.05, 4.69) is 10.6 Å². The Balaban J connectivity index is 2.83. The number of anilines is 1. The van der Waals surface area contributed by atoms with Gasteiger partial charge in [-0.1, -0.05) is 18.2 Å². The number of hydrogen-bond donors (Lipinski definition) is 5. The van der Waals surface area contributed by atoms with Gasteiger partial charge in [0, 0.05) is 11.3 Å².